The molecule has 0 radical (unpaired) electrons. The minimum Gasteiger partial charge on any atom is -0.337 e. The van der Waals surface area contributed by atoms with Crippen molar-refractivity contribution in [3.63, 3.8) is 0 Å². The Balaban J connectivity index is 2.27. The van der Waals surface area contributed by atoms with Crippen LogP contribution in [0.15, 0.2) is 12.5 Å². The van der Waals surface area contributed by atoms with Crippen LogP contribution in [0.5, 0.6) is 0 Å². The summed E-state index contributed by atoms with van der Waals surface area (Å²) in [4.78, 5) is 4.32. The van der Waals surface area contributed by atoms with Gasteiger partial charge in [0.15, 0.2) is 0 Å². The van der Waals surface area contributed by atoms with Gasteiger partial charge in [0.25, 0.3) is 0 Å². The Morgan fingerprint density at radius 1 is 1.32 bits per heavy atom. The quantitative estimate of drug-likeness (QED) is 0.658. The lowest BCUT2D eigenvalue weighted by atomic mass is 10.3. The standard InChI is InChI=1S/C13H25N3O2S/c1-3-7-14-8-6-13-11-16(12-15-13)9-5-10-19(17,18)4-2/h11-12,14H,3-10H2,1-2H3. The van der Waals surface area contributed by atoms with Gasteiger partial charge in [-0.25, -0.2) is 13.4 Å². The highest BCUT2D eigenvalue weighted by Crippen LogP contribution is 2.01. The number of aryl methyl sites for hydroxylation is 1. The second-order valence-electron chi connectivity index (χ2n) is 4.69. The fourth-order valence-electron chi connectivity index (χ4n) is 1.79. The van der Waals surface area contributed by atoms with E-state index in [2.05, 4.69) is 17.2 Å². The predicted molar refractivity (Wildman–Crippen MR) is 78.0 cm³/mol. The van der Waals surface area contributed by atoms with Gasteiger partial charge in [0, 0.05) is 31.5 Å². The van der Waals surface area contributed by atoms with Crippen LogP contribution >= 0.6 is 0 Å². The summed E-state index contributed by atoms with van der Waals surface area (Å²) >= 11 is 0. The molecule has 0 aliphatic heterocycles. The third-order valence-electron chi connectivity index (χ3n) is 2.98. The summed E-state index contributed by atoms with van der Waals surface area (Å²) in [5.74, 6) is 0.486. The Kier molecular flexibility index (Phi) is 7.09. The molecular weight excluding hydrogens is 262 g/mol. The second kappa shape index (κ2) is 8.32. The highest BCUT2D eigenvalue weighted by Gasteiger charge is 2.07. The van der Waals surface area contributed by atoms with Gasteiger partial charge in [-0.3, -0.25) is 0 Å². The van der Waals surface area contributed by atoms with Crippen molar-refractivity contribution in [1.82, 2.24) is 14.9 Å². The van der Waals surface area contributed by atoms with Crippen molar-refractivity contribution < 1.29 is 8.42 Å². The van der Waals surface area contributed by atoms with E-state index < -0.39 is 9.84 Å². The molecule has 0 aromatic carbocycles. The summed E-state index contributed by atoms with van der Waals surface area (Å²) in [6.07, 6.45) is 6.50. The third kappa shape index (κ3) is 6.73. The van der Waals surface area contributed by atoms with Crippen LogP contribution < -0.4 is 5.32 Å². The first-order valence-corrected chi connectivity index (χ1v) is 8.81. The predicted octanol–water partition coefficient (Wildman–Crippen LogP) is 1.25. The number of nitrogens with zero attached hydrogens (tertiary/aromatic N) is 2. The molecule has 0 saturated heterocycles. The molecule has 1 N–H and O–H groups in total. The van der Waals surface area contributed by atoms with E-state index in [0.29, 0.717) is 13.0 Å². The Bertz CT molecular complexity index is 454. The first kappa shape index (κ1) is 16.2. The van der Waals surface area contributed by atoms with E-state index in [9.17, 15) is 8.42 Å². The smallest absolute Gasteiger partial charge is 0.150 e. The first-order chi connectivity index (χ1) is 9.07. The molecule has 1 aromatic rings. The van der Waals surface area contributed by atoms with Crippen LogP contribution in [0.25, 0.3) is 0 Å². The molecule has 1 aromatic heterocycles. The summed E-state index contributed by atoms with van der Waals surface area (Å²) in [6.45, 7) is 6.53. The summed E-state index contributed by atoms with van der Waals surface area (Å²) < 4.78 is 24.7. The van der Waals surface area contributed by atoms with Crippen molar-refractivity contribution in [1.29, 1.82) is 0 Å². The number of rotatable bonds is 10. The van der Waals surface area contributed by atoms with E-state index in [1.807, 2.05) is 10.8 Å². The molecule has 5 nitrogen and oxygen atoms in total. The van der Waals surface area contributed by atoms with Crippen LogP contribution in [0.1, 0.15) is 32.4 Å². The summed E-state index contributed by atoms with van der Waals surface area (Å²) in [7, 11) is -2.85. The van der Waals surface area contributed by atoms with Crippen molar-refractivity contribution in [2.75, 3.05) is 24.6 Å². The highest BCUT2D eigenvalue weighted by atomic mass is 32.2. The summed E-state index contributed by atoms with van der Waals surface area (Å²) in [6, 6.07) is 0. The molecule has 0 atom stereocenters. The molecule has 110 valence electrons. The van der Waals surface area contributed by atoms with Gasteiger partial charge in [0.2, 0.25) is 0 Å². The van der Waals surface area contributed by atoms with Gasteiger partial charge >= 0.3 is 0 Å². The van der Waals surface area contributed by atoms with Gasteiger partial charge in [0.05, 0.1) is 17.8 Å². The number of sulfone groups is 1. The van der Waals surface area contributed by atoms with Gasteiger partial charge in [-0.2, -0.15) is 0 Å². The van der Waals surface area contributed by atoms with E-state index in [-0.39, 0.29) is 11.5 Å². The van der Waals surface area contributed by atoms with E-state index >= 15 is 0 Å². The molecule has 0 amide bonds. The van der Waals surface area contributed by atoms with Crippen molar-refractivity contribution in [2.45, 2.75) is 39.7 Å². The SMILES string of the molecule is CCCNCCc1cn(CCCS(=O)(=O)CC)cn1. The summed E-state index contributed by atoms with van der Waals surface area (Å²) in [5, 5.41) is 3.33. The lowest BCUT2D eigenvalue weighted by Gasteiger charge is -2.02. The largest absolute Gasteiger partial charge is 0.337 e. The minimum atomic E-state index is -2.85. The zero-order chi connectivity index (χ0) is 14.1. The average molecular weight is 287 g/mol. The van der Waals surface area contributed by atoms with E-state index in [0.717, 1.165) is 31.6 Å². The fourth-order valence-corrected chi connectivity index (χ4v) is 2.64. The number of hydrogen-bond donors (Lipinski definition) is 1. The molecule has 0 fully saturated rings. The zero-order valence-electron chi connectivity index (χ0n) is 11.9. The molecular formula is C13H25N3O2S. The van der Waals surface area contributed by atoms with Gasteiger partial charge in [0.1, 0.15) is 9.84 Å². The van der Waals surface area contributed by atoms with Crippen LogP contribution in [0.4, 0.5) is 0 Å². The maximum atomic E-state index is 11.4. The minimum absolute atomic E-state index is 0.227. The molecule has 0 spiro atoms. The normalized spacial score (nSPS) is 11.9. The molecule has 0 bridgehead atoms. The topological polar surface area (TPSA) is 64.0 Å². The molecule has 6 heteroatoms. The Hall–Kier alpha value is -0.880. The van der Waals surface area contributed by atoms with Crippen LogP contribution in [-0.2, 0) is 22.8 Å². The van der Waals surface area contributed by atoms with Crippen molar-refractivity contribution in [3.05, 3.63) is 18.2 Å². The van der Waals surface area contributed by atoms with Crippen LogP contribution in [0.3, 0.4) is 0 Å². The van der Waals surface area contributed by atoms with Gasteiger partial charge in [-0.05, 0) is 19.4 Å². The van der Waals surface area contributed by atoms with E-state index in [4.69, 9.17) is 0 Å². The maximum absolute atomic E-state index is 11.4. The highest BCUT2D eigenvalue weighted by molar-refractivity contribution is 7.91. The van der Waals surface area contributed by atoms with Crippen LogP contribution in [0, 0.1) is 0 Å². The van der Waals surface area contributed by atoms with Crippen LogP contribution in [-0.4, -0.2) is 42.6 Å². The zero-order valence-corrected chi connectivity index (χ0v) is 12.7. The van der Waals surface area contributed by atoms with Gasteiger partial charge in [-0.15, -0.1) is 0 Å². The van der Waals surface area contributed by atoms with Crippen LogP contribution in [0.2, 0.25) is 0 Å². The van der Waals surface area contributed by atoms with Crippen molar-refractivity contribution in [2.24, 2.45) is 0 Å². The average Bonchev–Trinajstić information content (AvgIpc) is 2.82. The Labute approximate surface area is 116 Å². The third-order valence-corrected chi connectivity index (χ3v) is 4.77. The number of nitrogens with one attached hydrogen (secondary N) is 1. The Morgan fingerprint density at radius 2 is 2.11 bits per heavy atom. The molecule has 1 rings (SSSR count). The number of imidazole rings is 1. The molecule has 0 unspecified atom stereocenters. The second-order valence-corrected chi connectivity index (χ2v) is 7.17. The maximum Gasteiger partial charge on any atom is 0.150 e. The molecule has 19 heavy (non-hydrogen) atoms. The molecule has 0 saturated carbocycles. The fraction of sp³-hybridized carbons (Fsp3) is 0.769. The number of aromatic nitrogens is 2. The monoisotopic (exact) mass is 287 g/mol. The van der Waals surface area contributed by atoms with Crippen molar-refractivity contribution in [3.8, 4) is 0 Å². The van der Waals surface area contributed by atoms with E-state index in [1.54, 1.807) is 13.3 Å². The molecule has 0 aliphatic carbocycles. The lowest BCUT2D eigenvalue weighted by Crippen LogP contribution is -2.17. The van der Waals surface area contributed by atoms with Gasteiger partial charge < -0.3 is 9.88 Å². The van der Waals surface area contributed by atoms with Gasteiger partial charge in [-0.1, -0.05) is 13.8 Å². The first-order valence-electron chi connectivity index (χ1n) is 6.99. The Morgan fingerprint density at radius 3 is 2.79 bits per heavy atom. The molecule has 0 aliphatic rings. The van der Waals surface area contributed by atoms with Crippen molar-refractivity contribution >= 4 is 9.84 Å². The molecule has 1 heterocycles. The lowest BCUT2D eigenvalue weighted by molar-refractivity contribution is 0.587. The summed E-state index contributed by atoms with van der Waals surface area (Å²) in [5.41, 5.74) is 1.06. The number of hydrogen-bond acceptors (Lipinski definition) is 4. The van der Waals surface area contributed by atoms with E-state index in [1.165, 1.54) is 0 Å².